The van der Waals surface area contributed by atoms with Crippen molar-refractivity contribution in [3.8, 4) is 0 Å². The molecule has 0 saturated heterocycles. The van der Waals surface area contributed by atoms with Crippen LogP contribution < -0.4 is 16.4 Å². The van der Waals surface area contributed by atoms with Gasteiger partial charge in [-0.15, -0.1) is 0 Å². The van der Waals surface area contributed by atoms with Crippen molar-refractivity contribution in [3.63, 3.8) is 0 Å². The van der Waals surface area contributed by atoms with Gasteiger partial charge in [0.15, 0.2) is 0 Å². The Morgan fingerprint density at radius 3 is 2.19 bits per heavy atom. The Balaban J connectivity index is 1.32. The molecule has 0 aliphatic heterocycles. The predicted octanol–water partition coefficient (Wildman–Crippen LogP) is 4.40. The maximum absolute atomic E-state index is 13.1. The quantitative estimate of drug-likeness (QED) is 0.222. The summed E-state index contributed by atoms with van der Waals surface area (Å²) in [5.74, 6) is 1.06. The van der Waals surface area contributed by atoms with Crippen molar-refractivity contribution in [2.75, 3.05) is 0 Å². The lowest BCUT2D eigenvalue weighted by Crippen LogP contribution is -2.54. The first kappa shape index (κ1) is 33.7. The minimum Gasteiger partial charge on any atom is -0.480 e. The van der Waals surface area contributed by atoms with E-state index in [-0.39, 0.29) is 30.8 Å². The molecule has 9 nitrogen and oxygen atoms in total. The number of carbonyl (C=O) groups excluding carboxylic acids is 3. The van der Waals surface area contributed by atoms with Gasteiger partial charge < -0.3 is 26.6 Å². The topological polar surface area (TPSA) is 159 Å². The molecule has 0 heterocycles. The van der Waals surface area contributed by atoms with Crippen LogP contribution >= 0.6 is 0 Å². The molecule has 4 aliphatic carbocycles. The number of hydrogen-bond acceptors (Lipinski definition) is 5. The van der Waals surface area contributed by atoms with Crippen molar-refractivity contribution in [1.29, 1.82) is 0 Å². The van der Waals surface area contributed by atoms with Gasteiger partial charge in [-0.2, -0.15) is 0 Å². The van der Waals surface area contributed by atoms with Gasteiger partial charge in [0.05, 0.1) is 6.10 Å². The molecule has 4 aliphatic rings. The first-order valence-electron chi connectivity index (χ1n) is 17.0. The lowest BCUT2D eigenvalue weighted by Gasteiger charge is -2.61. The average Bonchev–Trinajstić information content (AvgIpc) is 3.29. The maximum Gasteiger partial charge on any atom is 0.326 e. The molecule has 6 N–H and O–H groups in total. The molecule has 11 atom stereocenters. The first-order valence-corrected chi connectivity index (χ1v) is 17.0. The van der Waals surface area contributed by atoms with Gasteiger partial charge in [-0.3, -0.25) is 14.4 Å². The van der Waals surface area contributed by atoms with Crippen molar-refractivity contribution in [2.45, 2.75) is 136 Å². The standard InChI is InChI=1S/C34H57N3O6/c1-19(2)30(31(41)36-27(32(42)43)11-12-28(35)39)37-29(40)13-6-20(3)24-9-10-25-23-8-7-21-18-22(38)14-16-33(21,4)26(23)15-17-34(24,25)5/h19-27,30,38H,6-18H2,1-5H3,(H2,35,39)(H,36,41)(H,37,40)(H,42,43)/t20-,21-,22-,23+,24-,25+,26+,27+,30+,33+,34-/m1/s1. The van der Waals surface area contributed by atoms with E-state index in [4.69, 9.17) is 5.73 Å². The summed E-state index contributed by atoms with van der Waals surface area (Å²) in [6.07, 6.45) is 11.4. The van der Waals surface area contributed by atoms with E-state index in [2.05, 4.69) is 31.4 Å². The van der Waals surface area contributed by atoms with Crippen molar-refractivity contribution in [1.82, 2.24) is 10.6 Å². The fraction of sp³-hybridized carbons (Fsp3) is 0.882. The summed E-state index contributed by atoms with van der Waals surface area (Å²) in [4.78, 5) is 48.7. The molecule has 4 saturated carbocycles. The van der Waals surface area contributed by atoms with E-state index in [1.807, 2.05) is 13.8 Å². The monoisotopic (exact) mass is 603 g/mol. The number of primary amides is 1. The number of hydrogen-bond donors (Lipinski definition) is 5. The normalized spacial score (nSPS) is 37.3. The lowest BCUT2D eigenvalue weighted by molar-refractivity contribution is -0.142. The number of amides is 3. The number of carbonyl (C=O) groups is 4. The minimum atomic E-state index is -1.24. The Hall–Kier alpha value is -2.16. The van der Waals surface area contributed by atoms with E-state index < -0.39 is 29.9 Å². The van der Waals surface area contributed by atoms with Crippen LogP contribution in [0.2, 0.25) is 0 Å². The largest absolute Gasteiger partial charge is 0.480 e. The fourth-order valence-corrected chi connectivity index (χ4v) is 10.4. The highest BCUT2D eigenvalue weighted by Crippen LogP contribution is 2.68. The van der Waals surface area contributed by atoms with Gasteiger partial charge in [0.2, 0.25) is 17.7 Å². The van der Waals surface area contributed by atoms with Crippen LogP contribution in [0.1, 0.15) is 118 Å². The fourth-order valence-electron chi connectivity index (χ4n) is 10.4. The van der Waals surface area contributed by atoms with Gasteiger partial charge in [-0.05, 0) is 123 Å². The SMILES string of the molecule is CC(C)[C@H](NC(=O)CC[C@@H](C)[C@H]1CC[C@H]2[C@@H]3CC[C@@H]4C[C@H](O)CC[C@]4(C)[C@H]3CC[C@]12C)C(=O)N[C@@H](CCC(N)=O)C(=O)O. The van der Waals surface area contributed by atoms with Crippen molar-refractivity contribution >= 4 is 23.7 Å². The number of nitrogens with two attached hydrogens (primary N) is 1. The number of nitrogens with one attached hydrogen (secondary N) is 2. The zero-order chi connectivity index (χ0) is 31.7. The van der Waals surface area contributed by atoms with Gasteiger partial charge in [0, 0.05) is 12.8 Å². The van der Waals surface area contributed by atoms with Gasteiger partial charge in [-0.1, -0.05) is 34.6 Å². The Morgan fingerprint density at radius 2 is 1.53 bits per heavy atom. The van der Waals surface area contributed by atoms with Gasteiger partial charge in [0.1, 0.15) is 12.1 Å². The van der Waals surface area contributed by atoms with Crippen molar-refractivity contribution in [3.05, 3.63) is 0 Å². The second-order valence-corrected chi connectivity index (χ2v) is 15.5. The van der Waals surface area contributed by atoms with Crippen molar-refractivity contribution < 1.29 is 29.4 Å². The molecule has 0 unspecified atom stereocenters. The van der Waals surface area contributed by atoms with Crippen LogP contribution in [0, 0.1) is 52.3 Å². The molecule has 0 aromatic carbocycles. The van der Waals surface area contributed by atoms with E-state index in [0.717, 1.165) is 43.4 Å². The van der Waals surface area contributed by atoms with E-state index in [1.54, 1.807) is 0 Å². The molecule has 0 spiro atoms. The summed E-state index contributed by atoms with van der Waals surface area (Å²) in [6, 6.07) is -2.11. The minimum absolute atomic E-state index is 0.0988. The zero-order valence-electron chi connectivity index (χ0n) is 27.1. The molecule has 4 fully saturated rings. The summed E-state index contributed by atoms with van der Waals surface area (Å²) in [6.45, 7) is 11.0. The number of rotatable bonds is 12. The van der Waals surface area contributed by atoms with Gasteiger partial charge in [0.25, 0.3) is 0 Å². The van der Waals surface area contributed by atoms with E-state index in [9.17, 15) is 29.4 Å². The Kier molecular flexibility index (Phi) is 10.6. The molecule has 9 heteroatoms. The molecule has 3 amide bonds. The van der Waals surface area contributed by atoms with Crippen LogP contribution in [0.25, 0.3) is 0 Å². The molecule has 43 heavy (non-hydrogen) atoms. The zero-order valence-corrected chi connectivity index (χ0v) is 27.1. The summed E-state index contributed by atoms with van der Waals surface area (Å²) in [7, 11) is 0. The number of aliphatic hydroxyl groups excluding tert-OH is 1. The summed E-state index contributed by atoms with van der Waals surface area (Å²) >= 11 is 0. The first-order chi connectivity index (χ1) is 20.2. The number of fused-ring (bicyclic) bond motifs is 5. The lowest BCUT2D eigenvalue weighted by atomic mass is 9.44. The number of aliphatic carboxylic acids is 1. The van der Waals surface area contributed by atoms with Crippen LogP contribution in [0.15, 0.2) is 0 Å². The predicted molar refractivity (Wildman–Crippen MR) is 164 cm³/mol. The summed E-state index contributed by atoms with van der Waals surface area (Å²) in [5.41, 5.74) is 5.81. The summed E-state index contributed by atoms with van der Waals surface area (Å²) in [5, 5.41) is 25.1. The Bertz CT molecular complexity index is 1050. The van der Waals surface area contributed by atoms with Crippen LogP contribution in [-0.2, 0) is 19.2 Å². The smallest absolute Gasteiger partial charge is 0.326 e. The molecule has 0 bridgehead atoms. The van der Waals surface area contributed by atoms with Crippen LogP contribution in [0.3, 0.4) is 0 Å². The highest BCUT2D eigenvalue weighted by atomic mass is 16.4. The van der Waals surface area contributed by atoms with E-state index >= 15 is 0 Å². The highest BCUT2D eigenvalue weighted by Gasteiger charge is 2.60. The van der Waals surface area contributed by atoms with E-state index in [1.165, 1.54) is 38.5 Å². The maximum atomic E-state index is 13.1. The Morgan fingerprint density at radius 1 is 0.860 bits per heavy atom. The molecular weight excluding hydrogens is 546 g/mol. The van der Waals surface area contributed by atoms with Gasteiger partial charge >= 0.3 is 5.97 Å². The summed E-state index contributed by atoms with van der Waals surface area (Å²) < 4.78 is 0. The van der Waals surface area contributed by atoms with Gasteiger partial charge in [-0.25, -0.2) is 4.79 Å². The van der Waals surface area contributed by atoms with Crippen LogP contribution in [-0.4, -0.2) is 52.1 Å². The van der Waals surface area contributed by atoms with Crippen LogP contribution in [0.4, 0.5) is 0 Å². The highest BCUT2D eigenvalue weighted by molar-refractivity contribution is 5.90. The second-order valence-electron chi connectivity index (χ2n) is 15.5. The molecular formula is C34H57N3O6. The Labute approximate surface area is 257 Å². The third-order valence-electron chi connectivity index (χ3n) is 12.8. The number of carboxylic acids is 1. The molecule has 0 aromatic heterocycles. The average molecular weight is 604 g/mol. The molecule has 4 rings (SSSR count). The molecule has 0 aromatic rings. The third kappa shape index (κ3) is 7.07. The van der Waals surface area contributed by atoms with E-state index in [0.29, 0.717) is 35.0 Å². The van der Waals surface area contributed by atoms with Crippen molar-refractivity contribution in [2.24, 2.45) is 58.0 Å². The third-order valence-corrected chi connectivity index (χ3v) is 12.8. The number of aliphatic hydroxyl groups is 1. The molecule has 0 radical (unpaired) electrons. The molecule has 244 valence electrons. The second kappa shape index (κ2) is 13.5. The number of carboxylic acid groups (broad SMARTS) is 1. The van der Waals surface area contributed by atoms with Crippen LogP contribution in [0.5, 0.6) is 0 Å².